The van der Waals surface area contributed by atoms with E-state index < -0.39 is 5.69 Å². The van der Waals surface area contributed by atoms with E-state index in [4.69, 9.17) is 9.79 Å². The molecule has 0 amide bonds. The van der Waals surface area contributed by atoms with Crippen molar-refractivity contribution in [3.05, 3.63) is 20.8 Å². The fraction of sp³-hybridized carbons (Fsp3) is 0.812. The molecule has 0 atom stereocenters. The Balaban J connectivity index is -0.0000000606. The Labute approximate surface area is 164 Å². The van der Waals surface area contributed by atoms with Gasteiger partial charge >= 0.3 is 0 Å². The van der Waals surface area contributed by atoms with Crippen LogP contribution < -0.4 is 0 Å². The summed E-state index contributed by atoms with van der Waals surface area (Å²) in [7, 11) is 0. The van der Waals surface area contributed by atoms with Crippen LogP contribution in [0.1, 0.15) is 79.1 Å². The predicted molar refractivity (Wildman–Crippen MR) is 107 cm³/mol. The molecule has 0 rings (SSSR count). The van der Waals surface area contributed by atoms with Gasteiger partial charge in [0.05, 0.1) is 0 Å². The van der Waals surface area contributed by atoms with E-state index in [1.54, 1.807) is 0 Å². The minimum atomic E-state index is -3.11. The Hall–Kier alpha value is 1.54. The van der Waals surface area contributed by atoms with Crippen LogP contribution in [0.3, 0.4) is 0 Å². The summed E-state index contributed by atoms with van der Waals surface area (Å²) in [4.78, 5) is 15.7. The van der Waals surface area contributed by atoms with Gasteiger partial charge in [-0.1, -0.05) is 72.0 Å². The van der Waals surface area contributed by atoms with Crippen molar-refractivity contribution >= 4 is 29.7 Å². The van der Waals surface area contributed by atoms with E-state index >= 15 is 0 Å². The van der Waals surface area contributed by atoms with Gasteiger partial charge in [-0.2, -0.15) is 19.3 Å². The monoisotopic (exact) mass is 421 g/mol. The molecular formula is C16H38O2PS2Zn-3. The molecule has 0 saturated carbocycles. The van der Waals surface area contributed by atoms with E-state index in [0.29, 0.717) is 0 Å². The van der Waals surface area contributed by atoms with E-state index in [1.807, 2.05) is 0 Å². The molecule has 0 aliphatic rings. The maximum Gasteiger partial charge on any atom is 0.239 e. The summed E-state index contributed by atoms with van der Waals surface area (Å²) in [6, 6.07) is 0. The number of rotatable bonds is 6. The SMILES string of the molecule is OP(O)(=S)S.[CH2-]CCC.[CH2-]CCC.[CH2-]CCCCC(C)C.[Zn]. The first kappa shape index (κ1) is 34.8. The fourth-order valence-corrected chi connectivity index (χ4v) is 0.729. The van der Waals surface area contributed by atoms with Gasteiger partial charge in [0.1, 0.15) is 0 Å². The maximum absolute atomic E-state index is 7.87. The van der Waals surface area contributed by atoms with Crippen LogP contribution in [0.5, 0.6) is 0 Å². The Morgan fingerprint density at radius 1 is 0.955 bits per heavy atom. The molecule has 0 aromatic heterocycles. The Kier molecular flexibility index (Phi) is 48.1. The number of hydrogen-bond donors (Lipinski definition) is 3. The van der Waals surface area contributed by atoms with Crippen LogP contribution in [0.2, 0.25) is 0 Å². The molecule has 0 aromatic rings. The standard InChI is InChI=1S/C8H17.2C4H9.H3O2PS2.Zn/c1-4-5-6-7-8(2)3;2*1-3-4-2;1-3(2,4)5;/h8H,1,4-7H2,2-3H3;2*1,3-4H2,2H3;(H3,1,2,4,5);/q3*-1;;. The summed E-state index contributed by atoms with van der Waals surface area (Å²) < 4.78 is 0. The molecule has 0 aliphatic heterocycles. The third kappa shape index (κ3) is 125. The first-order chi connectivity index (χ1) is 9.60. The Bertz CT molecular complexity index is 184. The van der Waals surface area contributed by atoms with E-state index in [2.05, 4.69) is 72.5 Å². The molecule has 0 saturated heterocycles. The van der Waals surface area contributed by atoms with Crippen LogP contribution in [0.25, 0.3) is 0 Å². The zero-order valence-corrected chi connectivity index (χ0v) is 20.8. The van der Waals surface area contributed by atoms with Gasteiger partial charge in [-0.05, 0) is 17.7 Å². The molecule has 0 spiro atoms. The van der Waals surface area contributed by atoms with Crippen molar-refractivity contribution in [3.8, 4) is 0 Å². The van der Waals surface area contributed by atoms with E-state index in [-0.39, 0.29) is 19.5 Å². The largest absolute Gasteiger partial charge is 0.343 e. The van der Waals surface area contributed by atoms with Crippen molar-refractivity contribution in [2.24, 2.45) is 5.92 Å². The van der Waals surface area contributed by atoms with Crippen LogP contribution in [-0.4, -0.2) is 9.79 Å². The first-order valence-electron chi connectivity index (χ1n) is 7.76. The smallest absolute Gasteiger partial charge is 0.239 e. The molecule has 22 heavy (non-hydrogen) atoms. The summed E-state index contributed by atoms with van der Waals surface area (Å²) in [6.07, 6.45) is 9.70. The minimum Gasteiger partial charge on any atom is -0.343 e. The molecular weight excluding hydrogens is 385 g/mol. The third-order valence-electron chi connectivity index (χ3n) is 1.99. The van der Waals surface area contributed by atoms with Crippen LogP contribution >= 0.6 is 17.9 Å². The fourth-order valence-electron chi connectivity index (χ4n) is 0.729. The van der Waals surface area contributed by atoms with Crippen molar-refractivity contribution in [2.75, 3.05) is 0 Å². The van der Waals surface area contributed by atoms with Gasteiger partial charge < -0.3 is 30.6 Å². The van der Waals surface area contributed by atoms with Crippen molar-refractivity contribution in [2.45, 2.75) is 79.1 Å². The maximum atomic E-state index is 7.87. The van der Waals surface area contributed by atoms with Crippen LogP contribution in [0.4, 0.5) is 0 Å². The molecule has 2 nitrogen and oxygen atoms in total. The van der Waals surface area contributed by atoms with Crippen molar-refractivity contribution in [1.29, 1.82) is 0 Å². The van der Waals surface area contributed by atoms with Crippen LogP contribution in [0.15, 0.2) is 0 Å². The van der Waals surface area contributed by atoms with Gasteiger partial charge in [-0.25, -0.2) is 0 Å². The normalized spacial score (nSPS) is 9.23. The zero-order valence-electron chi connectivity index (χ0n) is 15.3. The van der Waals surface area contributed by atoms with Gasteiger partial charge in [0.2, 0.25) is 5.69 Å². The Morgan fingerprint density at radius 3 is 1.36 bits per heavy atom. The molecule has 0 heterocycles. The second-order valence-electron chi connectivity index (χ2n) is 4.96. The zero-order chi connectivity index (χ0) is 17.7. The molecule has 0 fully saturated rings. The molecule has 136 valence electrons. The second kappa shape index (κ2) is 30.4. The third-order valence-corrected chi connectivity index (χ3v) is 1.99. The van der Waals surface area contributed by atoms with Gasteiger partial charge in [-0.15, -0.1) is 0 Å². The predicted octanol–water partition coefficient (Wildman–Crippen LogP) is 6.40. The summed E-state index contributed by atoms with van der Waals surface area (Å²) in [5, 5.41) is 0. The van der Waals surface area contributed by atoms with E-state index in [1.165, 1.54) is 32.1 Å². The molecule has 2 N–H and O–H groups in total. The Morgan fingerprint density at radius 2 is 1.23 bits per heavy atom. The molecule has 0 radical (unpaired) electrons. The number of hydrogen-bond acceptors (Lipinski definition) is 1. The molecule has 0 unspecified atom stereocenters. The van der Waals surface area contributed by atoms with Crippen molar-refractivity contribution < 1.29 is 29.3 Å². The van der Waals surface area contributed by atoms with Crippen LogP contribution in [0, 0.1) is 26.7 Å². The minimum absolute atomic E-state index is 0. The number of thiol groups is 1. The molecule has 0 aliphatic carbocycles. The van der Waals surface area contributed by atoms with E-state index in [9.17, 15) is 0 Å². The quantitative estimate of drug-likeness (QED) is 0.152. The average Bonchev–Trinajstić information content (AvgIpc) is 2.37. The topological polar surface area (TPSA) is 40.5 Å². The van der Waals surface area contributed by atoms with Crippen molar-refractivity contribution in [3.63, 3.8) is 0 Å². The summed E-state index contributed by atoms with van der Waals surface area (Å²) in [5.74, 6) is 0.876. The summed E-state index contributed by atoms with van der Waals surface area (Å²) in [5.41, 5.74) is -3.11. The average molecular weight is 423 g/mol. The molecule has 6 heteroatoms. The van der Waals surface area contributed by atoms with Crippen molar-refractivity contribution in [1.82, 2.24) is 0 Å². The van der Waals surface area contributed by atoms with Gasteiger partial charge in [0.25, 0.3) is 0 Å². The van der Waals surface area contributed by atoms with Gasteiger partial charge in [-0.3, -0.25) is 0 Å². The van der Waals surface area contributed by atoms with E-state index in [0.717, 1.165) is 25.2 Å². The molecule has 0 bridgehead atoms. The summed E-state index contributed by atoms with van der Waals surface area (Å²) in [6.45, 7) is 19.8. The number of unbranched alkanes of at least 4 members (excludes halogenated alkanes) is 4. The summed E-state index contributed by atoms with van der Waals surface area (Å²) >= 11 is 7.07. The second-order valence-corrected chi connectivity index (χ2v) is 10.0. The van der Waals surface area contributed by atoms with Gasteiger partial charge in [0, 0.05) is 19.5 Å². The van der Waals surface area contributed by atoms with Gasteiger partial charge in [0.15, 0.2) is 0 Å². The molecule has 0 aromatic carbocycles. The first-order valence-corrected chi connectivity index (χ1v) is 11.6. The van der Waals surface area contributed by atoms with Crippen LogP contribution in [-0.2, 0) is 31.3 Å².